The van der Waals surface area contributed by atoms with Gasteiger partial charge in [-0.15, -0.1) is 0 Å². The molecular weight excluding hydrogens is 269 g/mol. The smallest absolute Gasteiger partial charge is 0.303 e. The average molecular weight is 286 g/mol. The number of aliphatic carboxylic acids is 1. The summed E-state index contributed by atoms with van der Waals surface area (Å²) in [5.74, 6) is -0.916. The van der Waals surface area contributed by atoms with Crippen LogP contribution in [0.15, 0.2) is 18.2 Å². The predicted octanol–water partition coefficient (Wildman–Crippen LogP) is 3.17. The molecule has 0 bridgehead atoms. The summed E-state index contributed by atoms with van der Waals surface area (Å²) in [6, 6.07) is 4.67. The van der Waals surface area contributed by atoms with E-state index in [2.05, 4.69) is 4.90 Å². The van der Waals surface area contributed by atoms with Gasteiger partial charge in [0.1, 0.15) is 5.82 Å². The number of halogens is 2. The van der Waals surface area contributed by atoms with E-state index in [4.69, 9.17) is 16.7 Å². The van der Waals surface area contributed by atoms with E-state index in [1.807, 2.05) is 0 Å². The zero-order valence-corrected chi connectivity index (χ0v) is 11.4. The van der Waals surface area contributed by atoms with Gasteiger partial charge < -0.3 is 5.11 Å². The van der Waals surface area contributed by atoms with Crippen molar-refractivity contribution in [1.29, 1.82) is 0 Å². The lowest BCUT2D eigenvalue weighted by molar-refractivity contribution is -0.138. The number of nitrogens with zero attached hydrogens (tertiary/aromatic N) is 1. The van der Waals surface area contributed by atoms with Crippen LogP contribution in [0.1, 0.15) is 24.8 Å². The zero-order valence-electron chi connectivity index (χ0n) is 10.6. The minimum absolute atomic E-state index is 0.150. The molecule has 1 N–H and O–H groups in total. The normalized spacial score (nSPS) is 20.4. The van der Waals surface area contributed by atoms with Crippen LogP contribution >= 0.6 is 11.6 Å². The molecule has 0 radical (unpaired) electrons. The first kappa shape index (κ1) is 14.3. The number of benzene rings is 1. The van der Waals surface area contributed by atoms with E-state index >= 15 is 0 Å². The molecule has 1 heterocycles. The molecule has 0 aromatic heterocycles. The SMILES string of the molecule is O=C(O)CC1CCCN(Cc2c(F)cccc2Cl)C1. The van der Waals surface area contributed by atoms with Crippen molar-refractivity contribution in [2.75, 3.05) is 13.1 Å². The van der Waals surface area contributed by atoms with Crippen LogP contribution in [0, 0.1) is 11.7 Å². The number of carboxylic acid groups (broad SMARTS) is 1. The first-order chi connectivity index (χ1) is 9.06. The molecule has 1 aromatic rings. The summed E-state index contributed by atoms with van der Waals surface area (Å²) in [5, 5.41) is 9.26. The zero-order chi connectivity index (χ0) is 13.8. The van der Waals surface area contributed by atoms with Crippen LogP contribution in [-0.4, -0.2) is 29.1 Å². The average Bonchev–Trinajstić information content (AvgIpc) is 2.34. The molecule has 0 aliphatic carbocycles. The largest absolute Gasteiger partial charge is 0.481 e. The Labute approximate surface area is 117 Å². The number of hydrogen-bond donors (Lipinski definition) is 1. The van der Waals surface area contributed by atoms with Gasteiger partial charge in [0, 0.05) is 30.1 Å². The Morgan fingerprint density at radius 1 is 1.53 bits per heavy atom. The number of hydrogen-bond acceptors (Lipinski definition) is 2. The predicted molar refractivity (Wildman–Crippen MR) is 71.7 cm³/mol. The van der Waals surface area contributed by atoms with E-state index in [-0.39, 0.29) is 18.2 Å². The van der Waals surface area contributed by atoms with Crippen LogP contribution < -0.4 is 0 Å². The molecule has 1 aliphatic heterocycles. The van der Waals surface area contributed by atoms with Crippen molar-refractivity contribution < 1.29 is 14.3 Å². The van der Waals surface area contributed by atoms with E-state index in [0.717, 1.165) is 19.4 Å². The highest BCUT2D eigenvalue weighted by atomic mass is 35.5. The second kappa shape index (κ2) is 6.35. The maximum atomic E-state index is 13.7. The number of rotatable bonds is 4. The number of carboxylic acids is 1. The number of carbonyl (C=O) groups is 1. The van der Waals surface area contributed by atoms with E-state index < -0.39 is 5.97 Å². The van der Waals surface area contributed by atoms with Crippen molar-refractivity contribution in [3.05, 3.63) is 34.6 Å². The maximum Gasteiger partial charge on any atom is 0.303 e. The van der Waals surface area contributed by atoms with Gasteiger partial charge in [0.05, 0.1) is 0 Å². The van der Waals surface area contributed by atoms with Crippen molar-refractivity contribution in [2.24, 2.45) is 5.92 Å². The van der Waals surface area contributed by atoms with Gasteiger partial charge in [-0.05, 0) is 37.4 Å². The molecule has 104 valence electrons. The Morgan fingerprint density at radius 2 is 2.32 bits per heavy atom. The van der Waals surface area contributed by atoms with Gasteiger partial charge in [-0.3, -0.25) is 9.69 Å². The third-order valence-corrected chi connectivity index (χ3v) is 3.86. The molecule has 1 fully saturated rings. The van der Waals surface area contributed by atoms with E-state index in [1.54, 1.807) is 12.1 Å². The van der Waals surface area contributed by atoms with Crippen LogP contribution in [0.25, 0.3) is 0 Å². The lowest BCUT2D eigenvalue weighted by Crippen LogP contribution is -2.36. The molecule has 1 aliphatic rings. The fraction of sp³-hybridized carbons (Fsp3) is 0.500. The van der Waals surface area contributed by atoms with Crippen LogP contribution in [0.4, 0.5) is 4.39 Å². The minimum Gasteiger partial charge on any atom is -0.481 e. The van der Waals surface area contributed by atoms with Crippen molar-refractivity contribution in [1.82, 2.24) is 4.90 Å². The summed E-state index contributed by atoms with van der Waals surface area (Å²) in [6.07, 6.45) is 2.05. The Balaban J connectivity index is 2.01. The highest BCUT2D eigenvalue weighted by Gasteiger charge is 2.23. The second-order valence-electron chi connectivity index (χ2n) is 5.04. The van der Waals surface area contributed by atoms with Crippen LogP contribution in [0.2, 0.25) is 5.02 Å². The summed E-state index contributed by atoms with van der Waals surface area (Å²) in [6.45, 7) is 2.00. The monoisotopic (exact) mass is 285 g/mol. The first-order valence-corrected chi connectivity index (χ1v) is 6.81. The fourth-order valence-corrected chi connectivity index (χ4v) is 2.84. The quantitative estimate of drug-likeness (QED) is 0.924. The Bertz CT molecular complexity index is 447. The molecular formula is C14H17ClFNO2. The summed E-state index contributed by atoms with van der Waals surface area (Å²) in [7, 11) is 0. The number of likely N-dealkylation sites (tertiary alicyclic amines) is 1. The van der Waals surface area contributed by atoms with Crippen molar-refractivity contribution in [3.63, 3.8) is 0 Å². The van der Waals surface area contributed by atoms with E-state index in [0.29, 0.717) is 23.7 Å². The molecule has 2 rings (SSSR count). The lowest BCUT2D eigenvalue weighted by atomic mass is 9.94. The first-order valence-electron chi connectivity index (χ1n) is 6.43. The minimum atomic E-state index is -0.768. The molecule has 1 aromatic carbocycles. The third-order valence-electron chi connectivity index (χ3n) is 3.51. The maximum absolute atomic E-state index is 13.7. The van der Waals surface area contributed by atoms with Gasteiger partial charge in [-0.2, -0.15) is 0 Å². The van der Waals surface area contributed by atoms with Gasteiger partial charge in [0.2, 0.25) is 0 Å². The van der Waals surface area contributed by atoms with Crippen LogP contribution in [-0.2, 0) is 11.3 Å². The van der Waals surface area contributed by atoms with Crippen LogP contribution in [0.3, 0.4) is 0 Å². The van der Waals surface area contributed by atoms with Gasteiger partial charge in [0.15, 0.2) is 0 Å². The summed E-state index contributed by atoms with van der Waals surface area (Å²) in [5.41, 5.74) is 0.500. The Kier molecular flexibility index (Phi) is 4.77. The molecule has 0 saturated carbocycles. The Hall–Kier alpha value is -1.13. The van der Waals surface area contributed by atoms with Gasteiger partial charge in [-0.25, -0.2) is 4.39 Å². The van der Waals surface area contributed by atoms with E-state index in [1.165, 1.54) is 6.07 Å². The molecule has 1 atom stereocenters. The molecule has 1 saturated heterocycles. The molecule has 1 unspecified atom stereocenters. The van der Waals surface area contributed by atoms with Crippen molar-refractivity contribution in [3.8, 4) is 0 Å². The molecule has 5 heteroatoms. The molecule has 0 amide bonds. The van der Waals surface area contributed by atoms with Gasteiger partial charge >= 0.3 is 5.97 Å². The standard InChI is InChI=1S/C14H17ClFNO2/c15-12-4-1-5-13(16)11(12)9-17-6-2-3-10(8-17)7-14(18)19/h1,4-5,10H,2-3,6-9H2,(H,18,19). The summed E-state index contributed by atoms with van der Waals surface area (Å²) >= 11 is 6.01. The topological polar surface area (TPSA) is 40.5 Å². The molecule has 0 spiro atoms. The van der Waals surface area contributed by atoms with E-state index in [9.17, 15) is 9.18 Å². The molecule has 19 heavy (non-hydrogen) atoms. The highest BCUT2D eigenvalue weighted by Crippen LogP contribution is 2.25. The van der Waals surface area contributed by atoms with Crippen molar-refractivity contribution in [2.45, 2.75) is 25.8 Å². The van der Waals surface area contributed by atoms with Gasteiger partial charge in [-0.1, -0.05) is 17.7 Å². The highest BCUT2D eigenvalue weighted by molar-refractivity contribution is 6.31. The number of piperidine rings is 1. The van der Waals surface area contributed by atoms with Gasteiger partial charge in [0.25, 0.3) is 0 Å². The second-order valence-corrected chi connectivity index (χ2v) is 5.45. The lowest BCUT2D eigenvalue weighted by Gasteiger charge is -2.32. The van der Waals surface area contributed by atoms with Crippen LogP contribution in [0.5, 0.6) is 0 Å². The molecule has 3 nitrogen and oxygen atoms in total. The third kappa shape index (κ3) is 3.91. The Morgan fingerprint density at radius 3 is 3.00 bits per heavy atom. The van der Waals surface area contributed by atoms with Crippen molar-refractivity contribution >= 4 is 17.6 Å². The summed E-state index contributed by atoms with van der Waals surface area (Å²) < 4.78 is 13.7. The summed E-state index contributed by atoms with van der Waals surface area (Å²) in [4.78, 5) is 12.8. The fourth-order valence-electron chi connectivity index (χ4n) is 2.62.